The lowest BCUT2D eigenvalue weighted by Gasteiger charge is -2.23. The zero-order chi connectivity index (χ0) is 13.6. The van der Waals surface area contributed by atoms with E-state index in [-0.39, 0.29) is 23.3 Å². The highest BCUT2D eigenvalue weighted by Crippen LogP contribution is 2.36. The summed E-state index contributed by atoms with van der Waals surface area (Å²) < 4.78 is 13.8. The Kier molecular flexibility index (Phi) is 2.60. The molecule has 3 N–H and O–H groups in total. The van der Waals surface area contributed by atoms with Crippen LogP contribution in [0, 0.1) is 5.82 Å². The summed E-state index contributed by atoms with van der Waals surface area (Å²) in [7, 11) is 0. The molecule has 5 nitrogen and oxygen atoms in total. The molecule has 98 valence electrons. The van der Waals surface area contributed by atoms with Crippen LogP contribution in [0.1, 0.15) is 5.56 Å². The molecule has 1 aromatic heterocycles. The second-order valence-corrected chi connectivity index (χ2v) is 4.58. The van der Waals surface area contributed by atoms with Crippen LogP contribution < -0.4 is 4.90 Å². The number of benzene rings is 1. The number of aromatic hydroxyl groups is 2. The molecule has 2 aromatic rings. The number of nitrogens with one attached hydrogen (secondary N) is 1. The maximum Gasteiger partial charge on any atom is 0.215 e. The van der Waals surface area contributed by atoms with Gasteiger partial charge in [-0.25, -0.2) is 9.38 Å². The van der Waals surface area contributed by atoms with Gasteiger partial charge in [-0.2, -0.15) is 0 Å². The lowest BCUT2D eigenvalue weighted by molar-refractivity contribution is 0.425. The summed E-state index contributed by atoms with van der Waals surface area (Å²) in [6, 6.07) is 4.12. The van der Waals surface area contributed by atoms with Crippen molar-refractivity contribution in [3.63, 3.8) is 0 Å². The van der Waals surface area contributed by atoms with Crippen LogP contribution in [-0.2, 0) is 6.54 Å². The van der Waals surface area contributed by atoms with Gasteiger partial charge in [0.05, 0.1) is 18.6 Å². The molecule has 1 aromatic carbocycles. The van der Waals surface area contributed by atoms with Gasteiger partial charge in [0.2, 0.25) is 5.88 Å². The highest BCUT2D eigenvalue weighted by molar-refractivity contribution is 6.30. The molecule has 0 saturated heterocycles. The van der Waals surface area contributed by atoms with Crippen LogP contribution >= 0.6 is 11.6 Å². The van der Waals surface area contributed by atoms with E-state index in [1.807, 2.05) is 0 Å². The highest BCUT2D eigenvalue weighted by Gasteiger charge is 2.21. The van der Waals surface area contributed by atoms with Gasteiger partial charge in [-0.05, 0) is 12.1 Å². The SMILES string of the molecule is Oc1cc(N2C=Nc3cc(Cl)cc(F)c3C2)c(O)[nH]1. The predicted octanol–water partition coefficient (Wildman–Crippen LogP) is 2.90. The van der Waals surface area contributed by atoms with Crippen molar-refractivity contribution in [3.05, 3.63) is 34.6 Å². The molecular weight excluding hydrogens is 273 g/mol. The molecule has 0 amide bonds. The van der Waals surface area contributed by atoms with Crippen molar-refractivity contribution >= 4 is 29.3 Å². The summed E-state index contributed by atoms with van der Waals surface area (Å²) in [5, 5.41) is 19.2. The molecular formula is C12H9ClFN3O2. The minimum absolute atomic E-state index is 0.178. The molecule has 7 heteroatoms. The van der Waals surface area contributed by atoms with Crippen molar-refractivity contribution in [3.8, 4) is 11.8 Å². The van der Waals surface area contributed by atoms with Crippen LogP contribution in [0.5, 0.6) is 11.8 Å². The van der Waals surface area contributed by atoms with Gasteiger partial charge in [0.1, 0.15) is 11.5 Å². The van der Waals surface area contributed by atoms with Crippen molar-refractivity contribution in [2.75, 3.05) is 4.90 Å². The standard InChI is InChI=1S/C12H9ClFN3O2/c13-6-1-8(14)7-4-17(5-15-9(7)2-6)10-3-11(18)16-12(10)19/h1-3,5,16,18-19H,4H2. The summed E-state index contributed by atoms with van der Waals surface area (Å²) in [6.07, 6.45) is 1.44. The molecule has 2 heterocycles. The molecule has 1 aliphatic heterocycles. The highest BCUT2D eigenvalue weighted by atomic mass is 35.5. The van der Waals surface area contributed by atoms with Crippen LogP contribution in [0.3, 0.4) is 0 Å². The third-order valence-electron chi connectivity index (χ3n) is 2.87. The van der Waals surface area contributed by atoms with Gasteiger partial charge in [0.15, 0.2) is 5.88 Å². The molecule has 0 aliphatic carbocycles. The Morgan fingerprint density at radius 3 is 2.79 bits per heavy atom. The Morgan fingerprint density at radius 1 is 1.32 bits per heavy atom. The number of hydrogen-bond acceptors (Lipinski definition) is 4. The number of aromatic nitrogens is 1. The van der Waals surface area contributed by atoms with E-state index in [0.717, 1.165) is 0 Å². The summed E-state index contributed by atoms with van der Waals surface area (Å²) >= 11 is 5.76. The number of hydrogen-bond donors (Lipinski definition) is 3. The minimum Gasteiger partial charge on any atom is -0.494 e. The first-order chi connectivity index (χ1) is 9.04. The number of aromatic amines is 1. The van der Waals surface area contributed by atoms with Crippen molar-refractivity contribution in [1.29, 1.82) is 0 Å². The Labute approximate surface area is 112 Å². The normalized spacial score (nSPS) is 13.7. The zero-order valence-electron chi connectivity index (χ0n) is 9.56. The van der Waals surface area contributed by atoms with Crippen LogP contribution in [-0.4, -0.2) is 21.5 Å². The largest absolute Gasteiger partial charge is 0.494 e. The van der Waals surface area contributed by atoms with Crippen molar-refractivity contribution in [2.24, 2.45) is 4.99 Å². The fraction of sp³-hybridized carbons (Fsp3) is 0.0833. The summed E-state index contributed by atoms with van der Waals surface area (Å²) in [5.41, 5.74) is 1.16. The van der Waals surface area contributed by atoms with Gasteiger partial charge in [-0.15, -0.1) is 0 Å². The number of aliphatic imine (C=N–C) groups is 1. The predicted molar refractivity (Wildman–Crippen MR) is 69.9 cm³/mol. The van der Waals surface area contributed by atoms with E-state index in [1.165, 1.54) is 23.4 Å². The van der Waals surface area contributed by atoms with E-state index in [2.05, 4.69) is 9.98 Å². The fourth-order valence-electron chi connectivity index (χ4n) is 1.99. The summed E-state index contributed by atoms with van der Waals surface area (Å²) in [5.74, 6) is -0.839. The van der Waals surface area contributed by atoms with Crippen LogP contribution in [0.15, 0.2) is 23.2 Å². The van der Waals surface area contributed by atoms with E-state index in [1.54, 1.807) is 6.07 Å². The molecule has 0 radical (unpaired) electrons. The molecule has 3 rings (SSSR count). The fourth-order valence-corrected chi connectivity index (χ4v) is 2.19. The number of rotatable bonds is 1. The number of nitrogens with zero attached hydrogens (tertiary/aromatic N) is 2. The number of fused-ring (bicyclic) bond motifs is 1. The van der Waals surface area contributed by atoms with E-state index in [9.17, 15) is 14.6 Å². The monoisotopic (exact) mass is 281 g/mol. The Balaban J connectivity index is 2.01. The Bertz CT molecular complexity index is 684. The van der Waals surface area contributed by atoms with E-state index in [0.29, 0.717) is 16.9 Å². The van der Waals surface area contributed by atoms with Gasteiger partial charge in [-0.1, -0.05) is 11.6 Å². The molecule has 0 fully saturated rings. The Hall–Kier alpha value is -2.21. The molecule has 0 unspecified atom stereocenters. The maximum atomic E-state index is 13.8. The van der Waals surface area contributed by atoms with Gasteiger partial charge in [-0.3, -0.25) is 4.98 Å². The van der Waals surface area contributed by atoms with Crippen LogP contribution in [0.2, 0.25) is 5.02 Å². The third kappa shape index (κ3) is 2.00. The van der Waals surface area contributed by atoms with E-state index < -0.39 is 5.82 Å². The minimum atomic E-state index is -0.455. The lowest BCUT2D eigenvalue weighted by Crippen LogP contribution is -2.23. The van der Waals surface area contributed by atoms with Crippen molar-refractivity contribution in [2.45, 2.75) is 6.54 Å². The van der Waals surface area contributed by atoms with Crippen molar-refractivity contribution < 1.29 is 14.6 Å². The number of H-pyrrole nitrogens is 1. The van der Waals surface area contributed by atoms with E-state index in [4.69, 9.17) is 11.6 Å². The van der Waals surface area contributed by atoms with Gasteiger partial charge < -0.3 is 15.1 Å². The van der Waals surface area contributed by atoms with Gasteiger partial charge >= 0.3 is 0 Å². The first-order valence-corrected chi connectivity index (χ1v) is 5.82. The first-order valence-electron chi connectivity index (χ1n) is 5.44. The average molecular weight is 282 g/mol. The second kappa shape index (κ2) is 4.17. The third-order valence-corrected chi connectivity index (χ3v) is 3.09. The van der Waals surface area contributed by atoms with E-state index >= 15 is 0 Å². The summed E-state index contributed by atoms with van der Waals surface area (Å²) in [6.45, 7) is 0.187. The molecule has 0 spiro atoms. The van der Waals surface area contributed by atoms with Crippen LogP contribution in [0.4, 0.5) is 15.8 Å². The lowest BCUT2D eigenvalue weighted by atomic mass is 10.1. The quantitative estimate of drug-likeness (QED) is 0.752. The topological polar surface area (TPSA) is 71.8 Å². The number of anilines is 1. The van der Waals surface area contributed by atoms with Crippen LogP contribution in [0.25, 0.3) is 0 Å². The zero-order valence-corrected chi connectivity index (χ0v) is 10.3. The van der Waals surface area contributed by atoms with Gasteiger partial charge in [0, 0.05) is 16.7 Å². The summed E-state index contributed by atoms with van der Waals surface area (Å²) in [4.78, 5) is 7.96. The molecule has 0 atom stereocenters. The van der Waals surface area contributed by atoms with Crippen molar-refractivity contribution in [1.82, 2.24) is 4.98 Å². The Morgan fingerprint density at radius 2 is 2.11 bits per heavy atom. The maximum absolute atomic E-state index is 13.8. The van der Waals surface area contributed by atoms with Gasteiger partial charge in [0.25, 0.3) is 0 Å². The molecule has 1 aliphatic rings. The second-order valence-electron chi connectivity index (χ2n) is 4.15. The molecule has 19 heavy (non-hydrogen) atoms. The smallest absolute Gasteiger partial charge is 0.215 e. The first kappa shape index (κ1) is 11.9. The number of halogens is 2. The molecule has 0 bridgehead atoms. The average Bonchev–Trinajstić information content (AvgIpc) is 2.68. The molecule has 0 saturated carbocycles.